The van der Waals surface area contributed by atoms with Crippen LogP contribution in [0.5, 0.6) is 0 Å². The Morgan fingerprint density at radius 3 is 1.93 bits per heavy atom. The normalized spacial score (nSPS) is 10.9. The molecule has 1 heterocycles. The smallest absolute Gasteiger partial charge is 0.332 e. The van der Waals surface area contributed by atoms with E-state index in [-0.39, 0.29) is 5.82 Å². The zero-order chi connectivity index (χ0) is 19.0. The lowest BCUT2D eigenvalue weighted by Gasteiger charge is -2.07. The van der Waals surface area contributed by atoms with Gasteiger partial charge in [0, 0.05) is 11.1 Å². The molecule has 134 valence electrons. The van der Waals surface area contributed by atoms with Crippen molar-refractivity contribution in [1.29, 1.82) is 0 Å². The zero-order valence-corrected chi connectivity index (χ0v) is 15.5. The Morgan fingerprint density at radius 1 is 0.741 bits per heavy atom. The van der Waals surface area contributed by atoms with E-state index in [1.54, 1.807) is 18.2 Å². The second-order valence-corrected chi connectivity index (χ2v) is 6.80. The molecular formula is C21H14Cl2N2O2. The molecule has 0 bridgehead atoms. The summed E-state index contributed by atoms with van der Waals surface area (Å²) in [4.78, 5) is 0. The summed E-state index contributed by atoms with van der Waals surface area (Å²) < 4.78 is 1.63. The lowest BCUT2D eigenvalue weighted by Crippen LogP contribution is -2.30. The van der Waals surface area contributed by atoms with Crippen LogP contribution in [0.3, 0.4) is 0 Å². The van der Waals surface area contributed by atoms with Crippen LogP contribution in [0.1, 0.15) is 0 Å². The first-order chi connectivity index (χ1) is 13.1. The molecule has 3 aromatic carbocycles. The topological polar surface area (TPSA) is 52.1 Å². The van der Waals surface area contributed by atoms with E-state index in [0.29, 0.717) is 32.6 Å². The minimum atomic E-state index is 0.0614. The van der Waals surface area contributed by atoms with Crippen molar-refractivity contribution in [2.75, 3.05) is 0 Å². The fourth-order valence-corrected chi connectivity index (χ4v) is 3.37. The van der Waals surface area contributed by atoms with Crippen molar-refractivity contribution in [3.63, 3.8) is 0 Å². The first kappa shape index (κ1) is 17.5. The van der Waals surface area contributed by atoms with Gasteiger partial charge in [0.2, 0.25) is 5.69 Å². The predicted octanol–water partition coefficient (Wildman–Crippen LogP) is 5.67. The number of hydrogen-bond donors (Lipinski definition) is 1. The standard InChI is InChI=1S/C21H14Cl2N2O2/c22-17-12-11-16(13-18(17)23)21-24(26)19(14-7-3-1-4-8-14)20(25(21)27)15-9-5-2-6-10-15/h1-13,26H. The third kappa shape index (κ3) is 3.03. The van der Waals surface area contributed by atoms with Gasteiger partial charge >= 0.3 is 5.82 Å². The predicted molar refractivity (Wildman–Crippen MR) is 107 cm³/mol. The van der Waals surface area contributed by atoms with E-state index in [9.17, 15) is 10.4 Å². The Balaban J connectivity index is 2.05. The fraction of sp³-hybridized carbons (Fsp3) is 0. The Labute approximate surface area is 166 Å². The highest BCUT2D eigenvalue weighted by Gasteiger charge is 2.31. The molecule has 0 saturated carbocycles. The molecule has 4 nitrogen and oxygen atoms in total. The number of halogens is 2. The SMILES string of the molecule is [O-][n+]1c(-c2ccccc2)c(-c2ccccc2)n(O)c1-c1ccc(Cl)c(Cl)c1. The summed E-state index contributed by atoms with van der Waals surface area (Å²) in [6.45, 7) is 0. The Morgan fingerprint density at radius 2 is 1.33 bits per heavy atom. The molecule has 0 aliphatic carbocycles. The molecule has 0 atom stereocenters. The maximum Gasteiger partial charge on any atom is 0.332 e. The molecule has 27 heavy (non-hydrogen) atoms. The van der Waals surface area contributed by atoms with Gasteiger partial charge in [-0.15, -0.1) is 0 Å². The third-order valence-electron chi connectivity index (χ3n) is 4.30. The molecule has 0 unspecified atom stereocenters. The first-order valence-corrected chi connectivity index (χ1v) is 8.97. The van der Waals surface area contributed by atoms with Gasteiger partial charge in [-0.25, -0.2) is 4.73 Å². The molecule has 4 aromatic rings. The van der Waals surface area contributed by atoms with Gasteiger partial charge in [-0.1, -0.05) is 83.9 Å². The quantitative estimate of drug-likeness (QED) is 0.275. The lowest BCUT2D eigenvalue weighted by molar-refractivity contribution is -0.582. The molecule has 0 spiro atoms. The molecule has 0 radical (unpaired) electrons. The van der Waals surface area contributed by atoms with E-state index in [1.165, 1.54) is 0 Å². The summed E-state index contributed by atoms with van der Waals surface area (Å²) in [5.74, 6) is 0.0614. The van der Waals surface area contributed by atoms with Crippen LogP contribution in [0.4, 0.5) is 0 Å². The van der Waals surface area contributed by atoms with Crippen LogP contribution in [0, 0.1) is 5.21 Å². The zero-order valence-electron chi connectivity index (χ0n) is 14.0. The molecule has 6 heteroatoms. The van der Waals surface area contributed by atoms with Gasteiger partial charge in [0.15, 0.2) is 5.69 Å². The number of benzene rings is 3. The highest BCUT2D eigenvalue weighted by atomic mass is 35.5. The van der Waals surface area contributed by atoms with Gasteiger partial charge in [0.05, 0.1) is 15.6 Å². The monoisotopic (exact) mass is 396 g/mol. The summed E-state index contributed by atoms with van der Waals surface area (Å²) in [5, 5.41) is 24.9. The maximum absolute atomic E-state index is 13.2. The van der Waals surface area contributed by atoms with Gasteiger partial charge in [0.25, 0.3) is 0 Å². The van der Waals surface area contributed by atoms with Crippen molar-refractivity contribution >= 4 is 23.2 Å². The second kappa shape index (κ2) is 6.99. The number of rotatable bonds is 3. The van der Waals surface area contributed by atoms with Gasteiger partial charge in [-0.2, -0.15) is 0 Å². The minimum Gasteiger partial charge on any atom is -0.710 e. The molecule has 0 fully saturated rings. The van der Waals surface area contributed by atoms with Crippen LogP contribution in [-0.2, 0) is 0 Å². The average Bonchev–Trinajstić information content (AvgIpc) is 2.96. The largest absolute Gasteiger partial charge is 0.710 e. The summed E-state index contributed by atoms with van der Waals surface area (Å²) >= 11 is 12.1. The summed E-state index contributed by atoms with van der Waals surface area (Å²) in [7, 11) is 0. The van der Waals surface area contributed by atoms with Crippen molar-refractivity contribution in [1.82, 2.24) is 4.73 Å². The van der Waals surface area contributed by atoms with Crippen molar-refractivity contribution in [3.8, 4) is 33.9 Å². The van der Waals surface area contributed by atoms with Crippen LogP contribution in [-0.4, -0.2) is 9.94 Å². The second-order valence-electron chi connectivity index (χ2n) is 5.99. The summed E-state index contributed by atoms with van der Waals surface area (Å²) in [6, 6.07) is 23.3. The van der Waals surface area contributed by atoms with Crippen LogP contribution in [0.15, 0.2) is 78.9 Å². The number of imidazole rings is 1. The van der Waals surface area contributed by atoms with E-state index in [1.807, 2.05) is 60.7 Å². The molecule has 1 aromatic heterocycles. The van der Waals surface area contributed by atoms with Gasteiger partial charge in [-0.05, 0) is 22.9 Å². The molecule has 0 aliphatic rings. The summed E-state index contributed by atoms with van der Waals surface area (Å²) in [5.41, 5.74) is 2.62. The minimum absolute atomic E-state index is 0.0614. The molecule has 1 N–H and O–H groups in total. The molecule has 4 rings (SSSR count). The Hall–Kier alpha value is -2.95. The van der Waals surface area contributed by atoms with Gasteiger partial charge < -0.3 is 10.4 Å². The molecule has 0 amide bonds. The molecule has 0 saturated heterocycles. The number of aromatic nitrogens is 2. The Kier molecular flexibility index (Phi) is 4.52. The van der Waals surface area contributed by atoms with Crippen molar-refractivity contribution < 1.29 is 9.94 Å². The average molecular weight is 397 g/mol. The van der Waals surface area contributed by atoms with E-state index < -0.39 is 0 Å². The van der Waals surface area contributed by atoms with Gasteiger partial charge in [0.1, 0.15) is 0 Å². The van der Waals surface area contributed by atoms with Crippen LogP contribution in [0.25, 0.3) is 33.9 Å². The fourth-order valence-electron chi connectivity index (χ4n) is 3.07. The van der Waals surface area contributed by atoms with E-state index in [4.69, 9.17) is 23.2 Å². The van der Waals surface area contributed by atoms with Crippen molar-refractivity contribution in [2.24, 2.45) is 0 Å². The highest BCUT2D eigenvalue weighted by molar-refractivity contribution is 6.42. The van der Waals surface area contributed by atoms with Crippen molar-refractivity contribution in [2.45, 2.75) is 0 Å². The van der Waals surface area contributed by atoms with Crippen molar-refractivity contribution in [3.05, 3.63) is 94.1 Å². The van der Waals surface area contributed by atoms with E-state index in [2.05, 4.69) is 0 Å². The van der Waals surface area contributed by atoms with Crippen LogP contribution >= 0.6 is 23.2 Å². The third-order valence-corrected chi connectivity index (χ3v) is 5.04. The van der Waals surface area contributed by atoms with E-state index >= 15 is 0 Å². The van der Waals surface area contributed by atoms with Crippen LogP contribution < -0.4 is 4.73 Å². The number of hydrogen-bond acceptors (Lipinski definition) is 2. The van der Waals surface area contributed by atoms with Crippen LogP contribution in [0.2, 0.25) is 10.0 Å². The molecular weight excluding hydrogens is 383 g/mol. The Bertz CT molecular complexity index is 1050. The maximum atomic E-state index is 13.2. The number of nitrogens with zero attached hydrogens (tertiary/aromatic N) is 2. The van der Waals surface area contributed by atoms with Gasteiger partial charge in [-0.3, -0.25) is 0 Å². The molecule has 0 aliphatic heterocycles. The highest BCUT2D eigenvalue weighted by Crippen LogP contribution is 2.35. The lowest BCUT2D eigenvalue weighted by atomic mass is 10.1. The van der Waals surface area contributed by atoms with E-state index in [0.717, 1.165) is 15.0 Å². The first-order valence-electron chi connectivity index (χ1n) is 8.21. The summed E-state index contributed by atoms with van der Waals surface area (Å²) in [6.07, 6.45) is 0.